The van der Waals surface area contributed by atoms with Gasteiger partial charge in [-0.15, -0.1) is 0 Å². The minimum Gasteiger partial charge on any atom is -0.462 e. The van der Waals surface area contributed by atoms with Gasteiger partial charge in [-0.1, -0.05) is 13.8 Å². The number of hydrogen-bond donors (Lipinski definition) is 0. The van der Waals surface area contributed by atoms with Crippen molar-refractivity contribution in [3.05, 3.63) is 29.8 Å². The molecule has 1 aromatic carbocycles. The molecule has 4 atom stereocenters. The first-order valence-electron chi connectivity index (χ1n) is 9.12. The normalized spacial score (nSPS) is 30.3. The molecule has 2 aliphatic carbocycles. The number of amides is 2. The maximum atomic E-state index is 12.8. The molecule has 0 N–H and O–H groups in total. The topological polar surface area (TPSA) is 63.7 Å². The van der Waals surface area contributed by atoms with Crippen LogP contribution < -0.4 is 4.90 Å². The van der Waals surface area contributed by atoms with Gasteiger partial charge in [-0.25, -0.2) is 4.79 Å². The molecule has 1 heterocycles. The fraction of sp³-hybridized carbons (Fsp3) is 0.550. The monoisotopic (exact) mass is 341 g/mol. The molecular formula is C20H23NO4. The molecule has 3 fully saturated rings. The Balaban J connectivity index is 1.52. The largest absolute Gasteiger partial charge is 0.462 e. The highest BCUT2D eigenvalue weighted by atomic mass is 16.5. The summed E-state index contributed by atoms with van der Waals surface area (Å²) in [6, 6.07) is 6.60. The van der Waals surface area contributed by atoms with Crippen LogP contribution in [0.4, 0.5) is 5.69 Å². The van der Waals surface area contributed by atoms with E-state index in [0.29, 0.717) is 29.7 Å². The Bertz CT molecular complexity index is 696. The van der Waals surface area contributed by atoms with Gasteiger partial charge in [-0.2, -0.15) is 0 Å². The molecule has 1 saturated heterocycles. The van der Waals surface area contributed by atoms with Crippen molar-refractivity contribution in [1.82, 2.24) is 0 Å². The highest BCUT2D eigenvalue weighted by molar-refractivity contribution is 6.22. The van der Waals surface area contributed by atoms with E-state index in [-0.39, 0.29) is 35.5 Å². The minimum atomic E-state index is -0.380. The quantitative estimate of drug-likeness (QED) is 0.624. The molecular weight excluding hydrogens is 318 g/mol. The second-order valence-corrected chi connectivity index (χ2v) is 7.94. The van der Waals surface area contributed by atoms with Crippen LogP contribution in [0.5, 0.6) is 0 Å². The van der Waals surface area contributed by atoms with Crippen LogP contribution in [-0.4, -0.2) is 24.4 Å². The summed E-state index contributed by atoms with van der Waals surface area (Å²) in [6.07, 6.45) is 3.17. The summed E-state index contributed by atoms with van der Waals surface area (Å²) >= 11 is 0. The van der Waals surface area contributed by atoms with Crippen molar-refractivity contribution in [3.63, 3.8) is 0 Å². The average molecular weight is 341 g/mol. The standard InChI is InChI=1S/C20H23NO4/c1-11(2)10-25-20(24)12-5-7-15(8-6-12)21-18(22)16-13-3-4-14(9-13)17(16)19(21)23/h5-8,11,13-14,16-17H,3-4,9-10H2,1-2H3/t13-,14-,16+,17+/m0/s1. The summed E-state index contributed by atoms with van der Waals surface area (Å²) in [4.78, 5) is 38.9. The van der Waals surface area contributed by atoms with E-state index in [1.807, 2.05) is 13.8 Å². The molecule has 5 nitrogen and oxygen atoms in total. The Hall–Kier alpha value is -2.17. The van der Waals surface area contributed by atoms with Gasteiger partial charge in [0.15, 0.2) is 0 Å². The van der Waals surface area contributed by atoms with E-state index in [9.17, 15) is 14.4 Å². The first-order chi connectivity index (χ1) is 12.0. The van der Waals surface area contributed by atoms with Crippen LogP contribution in [0.1, 0.15) is 43.5 Å². The second kappa shape index (κ2) is 5.97. The predicted octanol–water partition coefficient (Wildman–Crippen LogP) is 3.03. The van der Waals surface area contributed by atoms with Crippen molar-refractivity contribution in [2.24, 2.45) is 29.6 Å². The maximum Gasteiger partial charge on any atom is 0.338 e. The van der Waals surface area contributed by atoms with Crippen LogP contribution in [0.25, 0.3) is 0 Å². The summed E-state index contributed by atoms with van der Waals surface area (Å²) in [5.41, 5.74) is 0.993. The first-order valence-corrected chi connectivity index (χ1v) is 9.12. The lowest BCUT2D eigenvalue weighted by Gasteiger charge is -2.19. The van der Waals surface area contributed by atoms with Crippen molar-refractivity contribution in [2.75, 3.05) is 11.5 Å². The summed E-state index contributed by atoms with van der Waals surface area (Å²) in [6.45, 7) is 4.33. The van der Waals surface area contributed by atoms with E-state index < -0.39 is 0 Å². The molecule has 0 radical (unpaired) electrons. The van der Waals surface area contributed by atoms with Crippen LogP contribution in [0.3, 0.4) is 0 Å². The second-order valence-electron chi connectivity index (χ2n) is 7.94. The fourth-order valence-corrected chi connectivity index (χ4v) is 4.74. The van der Waals surface area contributed by atoms with Gasteiger partial charge >= 0.3 is 5.97 Å². The van der Waals surface area contributed by atoms with Crippen molar-refractivity contribution >= 4 is 23.5 Å². The number of benzene rings is 1. The third kappa shape index (κ3) is 2.57. The number of carbonyl (C=O) groups is 3. The summed E-state index contributed by atoms with van der Waals surface area (Å²) < 4.78 is 5.21. The number of carbonyl (C=O) groups excluding carboxylic acids is 3. The molecule has 0 spiro atoms. The molecule has 132 valence electrons. The summed E-state index contributed by atoms with van der Waals surface area (Å²) in [5, 5.41) is 0. The number of fused-ring (bicyclic) bond motifs is 5. The van der Waals surface area contributed by atoms with Gasteiger partial charge in [0.25, 0.3) is 0 Å². The number of ether oxygens (including phenoxy) is 1. The van der Waals surface area contributed by atoms with Crippen molar-refractivity contribution in [2.45, 2.75) is 33.1 Å². The summed E-state index contributed by atoms with van der Waals surface area (Å²) in [5.74, 6) is 0.286. The zero-order chi connectivity index (χ0) is 17.7. The third-order valence-electron chi connectivity index (χ3n) is 5.84. The molecule has 2 saturated carbocycles. The van der Waals surface area contributed by atoms with Crippen LogP contribution >= 0.6 is 0 Å². The van der Waals surface area contributed by atoms with E-state index in [1.165, 1.54) is 4.90 Å². The smallest absolute Gasteiger partial charge is 0.338 e. The molecule has 1 aromatic rings. The molecule has 4 rings (SSSR count). The van der Waals surface area contributed by atoms with Gasteiger partial charge in [0.2, 0.25) is 11.8 Å². The zero-order valence-electron chi connectivity index (χ0n) is 14.6. The predicted molar refractivity (Wildman–Crippen MR) is 91.9 cm³/mol. The molecule has 3 aliphatic rings. The molecule has 5 heteroatoms. The average Bonchev–Trinajstić information content (AvgIpc) is 3.27. The van der Waals surface area contributed by atoms with Gasteiger partial charge in [0.1, 0.15) is 0 Å². The van der Waals surface area contributed by atoms with Crippen LogP contribution in [0, 0.1) is 29.6 Å². The summed E-state index contributed by atoms with van der Waals surface area (Å²) in [7, 11) is 0. The van der Waals surface area contributed by atoms with Crippen molar-refractivity contribution < 1.29 is 19.1 Å². The lowest BCUT2D eigenvalue weighted by atomic mass is 9.81. The Morgan fingerprint density at radius 1 is 1.08 bits per heavy atom. The number of anilines is 1. The maximum absolute atomic E-state index is 12.8. The van der Waals surface area contributed by atoms with E-state index in [1.54, 1.807) is 24.3 Å². The molecule has 2 amide bonds. The fourth-order valence-electron chi connectivity index (χ4n) is 4.74. The Morgan fingerprint density at radius 2 is 1.64 bits per heavy atom. The van der Waals surface area contributed by atoms with Gasteiger partial charge in [0, 0.05) is 0 Å². The Kier molecular flexibility index (Phi) is 3.89. The first kappa shape index (κ1) is 16.3. The van der Waals surface area contributed by atoms with Gasteiger partial charge < -0.3 is 4.74 Å². The number of esters is 1. The van der Waals surface area contributed by atoms with E-state index in [2.05, 4.69) is 0 Å². The minimum absolute atomic E-state index is 0.0580. The molecule has 25 heavy (non-hydrogen) atoms. The van der Waals surface area contributed by atoms with Gasteiger partial charge in [0.05, 0.1) is 29.7 Å². The number of hydrogen-bond acceptors (Lipinski definition) is 4. The van der Waals surface area contributed by atoms with Gasteiger partial charge in [-0.3, -0.25) is 14.5 Å². The van der Waals surface area contributed by atoms with E-state index >= 15 is 0 Å². The van der Waals surface area contributed by atoms with Crippen LogP contribution in [0.2, 0.25) is 0 Å². The molecule has 0 aromatic heterocycles. The third-order valence-corrected chi connectivity index (χ3v) is 5.84. The number of nitrogens with zero attached hydrogens (tertiary/aromatic N) is 1. The lowest BCUT2D eigenvalue weighted by molar-refractivity contribution is -0.123. The molecule has 0 unspecified atom stereocenters. The van der Waals surface area contributed by atoms with E-state index in [0.717, 1.165) is 19.3 Å². The number of rotatable bonds is 4. The highest BCUT2D eigenvalue weighted by Crippen LogP contribution is 2.56. The zero-order valence-corrected chi connectivity index (χ0v) is 14.6. The van der Waals surface area contributed by atoms with Crippen LogP contribution in [-0.2, 0) is 14.3 Å². The Labute approximate surface area is 147 Å². The van der Waals surface area contributed by atoms with Crippen molar-refractivity contribution in [3.8, 4) is 0 Å². The lowest BCUT2D eigenvalue weighted by Crippen LogP contribution is -2.32. The molecule has 1 aliphatic heterocycles. The van der Waals surface area contributed by atoms with E-state index in [4.69, 9.17) is 4.74 Å². The van der Waals surface area contributed by atoms with Gasteiger partial charge in [-0.05, 0) is 61.3 Å². The highest BCUT2D eigenvalue weighted by Gasteiger charge is 2.61. The molecule has 2 bridgehead atoms. The SMILES string of the molecule is CC(C)COC(=O)c1ccc(N2C(=O)[C@@H]3[C@H]4CC[C@@H](C4)[C@H]3C2=O)cc1. The Morgan fingerprint density at radius 3 is 2.16 bits per heavy atom. The van der Waals surface area contributed by atoms with Crippen LogP contribution in [0.15, 0.2) is 24.3 Å². The van der Waals surface area contributed by atoms with Crippen molar-refractivity contribution in [1.29, 1.82) is 0 Å². The number of imide groups is 1.